The molecule has 180 valence electrons. The highest BCUT2D eigenvalue weighted by Gasteiger charge is 2.35. The van der Waals surface area contributed by atoms with E-state index in [1.165, 1.54) is 0 Å². The lowest BCUT2D eigenvalue weighted by Crippen LogP contribution is -2.50. The number of carbonyl (C=O) groups is 3. The first kappa shape index (κ1) is 24.0. The summed E-state index contributed by atoms with van der Waals surface area (Å²) in [7, 11) is 0. The molecule has 0 saturated carbocycles. The summed E-state index contributed by atoms with van der Waals surface area (Å²) in [5, 5.41) is 0. The van der Waals surface area contributed by atoms with Crippen LogP contribution in [0.2, 0.25) is 0 Å². The Bertz CT molecular complexity index is 860. The quantitative estimate of drug-likeness (QED) is 0.550. The summed E-state index contributed by atoms with van der Waals surface area (Å²) in [4.78, 5) is 43.3. The molecule has 0 radical (unpaired) electrons. The molecule has 0 aromatic heterocycles. The first-order chi connectivity index (χ1) is 16.0. The van der Waals surface area contributed by atoms with Crippen molar-refractivity contribution < 1.29 is 23.9 Å². The van der Waals surface area contributed by atoms with Crippen LogP contribution in [0.5, 0.6) is 5.75 Å². The van der Waals surface area contributed by atoms with Crippen LogP contribution in [0.3, 0.4) is 0 Å². The standard InChI is InChI=1S/C24H32BrN3O5/c25-19-3-1-4-20(16-19)33-21-6-9-28(23(30)7-10-26-8-2-5-22(26)29)17-18(21)15-24(31)27-11-13-32-14-12-27/h1,3-4,16,18,21H,2,5-15,17H2/t18-,21-/m0/s1. The number of ether oxygens (including phenoxy) is 2. The number of hydrogen-bond acceptors (Lipinski definition) is 5. The van der Waals surface area contributed by atoms with E-state index in [0.29, 0.717) is 71.6 Å². The third-order valence-corrected chi connectivity index (χ3v) is 7.16. The van der Waals surface area contributed by atoms with E-state index < -0.39 is 0 Å². The lowest BCUT2D eigenvalue weighted by atomic mass is 9.90. The molecule has 3 fully saturated rings. The average molecular weight is 522 g/mol. The fraction of sp³-hybridized carbons (Fsp3) is 0.625. The SMILES string of the molecule is O=C1CCCN1CCC(=O)N1CC[C@H](Oc2cccc(Br)c2)[C@@H](CC(=O)N2CCOCC2)C1. The number of amides is 3. The molecule has 3 amide bonds. The monoisotopic (exact) mass is 521 g/mol. The first-order valence-corrected chi connectivity index (χ1v) is 12.6. The summed E-state index contributed by atoms with van der Waals surface area (Å²) in [6.45, 7) is 4.64. The zero-order valence-electron chi connectivity index (χ0n) is 18.9. The van der Waals surface area contributed by atoms with E-state index >= 15 is 0 Å². The zero-order valence-corrected chi connectivity index (χ0v) is 20.5. The van der Waals surface area contributed by atoms with E-state index in [1.807, 2.05) is 34.1 Å². The van der Waals surface area contributed by atoms with E-state index in [9.17, 15) is 14.4 Å². The second kappa shape index (κ2) is 11.3. The second-order valence-corrected chi connectivity index (χ2v) is 9.85. The van der Waals surface area contributed by atoms with Crippen LogP contribution in [0.15, 0.2) is 28.7 Å². The van der Waals surface area contributed by atoms with Gasteiger partial charge in [-0.2, -0.15) is 0 Å². The number of morpholine rings is 1. The van der Waals surface area contributed by atoms with E-state index in [-0.39, 0.29) is 29.7 Å². The first-order valence-electron chi connectivity index (χ1n) is 11.8. The van der Waals surface area contributed by atoms with Gasteiger partial charge in [0, 0.05) is 75.3 Å². The average Bonchev–Trinajstić information content (AvgIpc) is 3.23. The number of halogens is 1. The molecule has 3 saturated heterocycles. The Morgan fingerprint density at radius 2 is 1.91 bits per heavy atom. The Balaban J connectivity index is 1.39. The van der Waals surface area contributed by atoms with Crippen LogP contribution in [0, 0.1) is 5.92 Å². The summed E-state index contributed by atoms with van der Waals surface area (Å²) in [6, 6.07) is 7.70. The maximum Gasteiger partial charge on any atom is 0.224 e. The van der Waals surface area contributed by atoms with E-state index in [2.05, 4.69) is 15.9 Å². The van der Waals surface area contributed by atoms with Crippen molar-refractivity contribution in [2.45, 2.75) is 38.2 Å². The van der Waals surface area contributed by atoms with Gasteiger partial charge in [0.1, 0.15) is 11.9 Å². The second-order valence-electron chi connectivity index (χ2n) is 8.93. The highest BCUT2D eigenvalue weighted by Crippen LogP contribution is 2.28. The largest absolute Gasteiger partial charge is 0.490 e. The van der Waals surface area contributed by atoms with Crippen molar-refractivity contribution >= 4 is 33.7 Å². The van der Waals surface area contributed by atoms with Gasteiger partial charge in [0.2, 0.25) is 17.7 Å². The summed E-state index contributed by atoms with van der Waals surface area (Å²) in [5.74, 6) is 0.927. The number of carbonyl (C=O) groups excluding carboxylic acids is 3. The van der Waals surface area contributed by atoms with Crippen LogP contribution in [0.4, 0.5) is 0 Å². The van der Waals surface area contributed by atoms with Crippen LogP contribution < -0.4 is 4.74 Å². The Morgan fingerprint density at radius 3 is 2.64 bits per heavy atom. The van der Waals surface area contributed by atoms with E-state index in [1.54, 1.807) is 4.90 Å². The number of piperidine rings is 1. The molecule has 0 spiro atoms. The molecule has 0 bridgehead atoms. The predicted molar refractivity (Wildman–Crippen MR) is 126 cm³/mol. The molecule has 8 nitrogen and oxygen atoms in total. The molecule has 3 aliphatic rings. The maximum absolute atomic E-state index is 13.0. The van der Waals surface area contributed by atoms with Crippen molar-refractivity contribution in [2.75, 3.05) is 52.5 Å². The molecule has 1 aromatic carbocycles. The summed E-state index contributed by atoms with van der Waals surface area (Å²) >= 11 is 3.48. The molecular weight excluding hydrogens is 490 g/mol. The van der Waals surface area contributed by atoms with Gasteiger partial charge in [0.25, 0.3) is 0 Å². The van der Waals surface area contributed by atoms with Crippen molar-refractivity contribution in [1.82, 2.24) is 14.7 Å². The molecule has 1 aromatic rings. The van der Waals surface area contributed by atoms with Crippen LogP contribution in [0.1, 0.15) is 32.1 Å². The number of nitrogens with zero attached hydrogens (tertiary/aromatic N) is 3. The topological polar surface area (TPSA) is 79.4 Å². The van der Waals surface area contributed by atoms with Crippen molar-refractivity contribution in [3.8, 4) is 5.75 Å². The molecule has 0 unspecified atom stereocenters. The van der Waals surface area contributed by atoms with Gasteiger partial charge in [-0.15, -0.1) is 0 Å². The number of rotatable bonds is 7. The molecule has 0 N–H and O–H groups in total. The fourth-order valence-corrected chi connectivity index (χ4v) is 5.18. The minimum absolute atomic E-state index is 0.0411. The third-order valence-electron chi connectivity index (χ3n) is 6.67. The van der Waals surface area contributed by atoms with Crippen LogP contribution in [0.25, 0.3) is 0 Å². The predicted octanol–water partition coefficient (Wildman–Crippen LogP) is 2.31. The molecule has 9 heteroatoms. The van der Waals surface area contributed by atoms with Gasteiger partial charge in [-0.3, -0.25) is 14.4 Å². The lowest BCUT2D eigenvalue weighted by molar-refractivity contribution is -0.141. The van der Waals surface area contributed by atoms with Crippen molar-refractivity contribution in [1.29, 1.82) is 0 Å². The smallest absolute Gasteiger partial charge is 0.224 e. The van der Waals surface area contributed by atoms with Crippen LogP contribution in [-0.2, 0) is 19.1 Å². The molecule has 3 heterocycles. The lowest BCUT2D eigenvalue weighted by Gasteiger charge is -2.39. The highest BCUT2D eigenvalue weighted by atomic mass is 79.9. The molecule has 33 heavy (non-hydrogen) atoms. The van der Waals surface area contributed by atoms with Gasteiger partial charge in [0.15, 0.2) is 0 Å². The zero-order chi connectivity index (χ0) is 23.2. The molecule has 0 aliphatic carbocycles. The minimum atomic E-state index is -0.145. The fourth-order valence-electron chi connectivity index (χ4n) is 4.80. The van der Waals surface area contributed by atoms with Gasteiger partial charge in [0.05, 0.1) is 13.2 Å². The van der Waals surface area contributed by atoms with Gasteiger partial charge < -0.3 is 24.2 Å². The van der Waals surface area contributed by atoms with Gasteiger partial charge >= 0.3 is 0 Å². The summed E-state index contributed by atoms with van der Waals surface area (Å²) in [6.07, 6.45) is 2.64. The number of likely N-dealkylation sites (tertiary alicyclic amines) is 2. The van der Waals surface area contributed by atoms with Crippen molar-refractivity contribution in [2.24, 2.45) is 5.92 Å². The Morgan fingerprint density at radius 1 is 1.09 bits per heavy atom. The summed E-state index contributed by atoms with van der Waals surface area (Å²) < 4.78 is 12.6. The number of benzene rings is 1. The highest BCUT2D eigenvalue weighted by molar-refractivity contribution is 9.10. The van der Waals surface area contributed by atoms with Crippen LogP contribution >= 0.6 is 15.9 Å². The van der Waals surface area contributed by atoms with Gasteiger partial charge in [-0.1, -0.05) is 22.0 Å². The van der Waals surface area contributed by atoms with E-state index in [0.717, 1.165) is 23.2 Å². The van der Waals surface area contributed by atoms with Gasteiger partial charge in [-0.05, 0) is 24.6 Å². The Hall–Kier alpha value is -2.13. The van der Waals surface area contributed by atoms with E-state index in [4.69, 9.17) is 9.47 Å². The molecule has 3 aliphatic heterocycles. The van der Waals surface area contributed by atoms with Crippen LogP contribution in [-0.4, -0.2) is 91.0 Å². The van der Waals surface area contributed by atoms with Crippen molar-refractivity contribution in [3.63, 3.8) is 0 Å². The molecule has 4 rings (SSSR count). The normalized spacial score (nSPS) is 23.7. The third kappa shape index (κ3) is 6.47. The van der Waals surface area contributed by atoms with Gasteiger partial charge in [-0.25, -0.2) is 0 Å². The molecule has 2 atom stereocenters. The maximum atomic E-state index is 13.0. The minimum Gasteiger partial charge on any atom is -0.490 e. The van der Waals surface area contributed by atoms with Crippen molar-refractivity contribution in [3.05, 3.63) is 28.7 Å². The Kier molecular flexibility index (Phi) is 8.25. The number of hydrogen-bond donors (Lipinski definition) is 0. The Labute approximate surface area is 203 Å². The molecular formula is C24H32BrN3O5. The summed E-state index contributed by atoms with van der Waals surface area (Å²) in [5.41, 5.74) is 0.